The minimum atomic E-state index is 0.0396. The third-order valence-electron chi connectivity index (χ3n) is 3.99. The van der Waals surface area contributed by atoms with Crippen molar-refractivity contribution >= 4 is 5.69 Å². The first-order valence-electron chi connectivity index (χ1n) is 7.56. The zero-order valence-corrected chi connectivity index (χ0v) is 12.9. The summed E-state index contributed by atoms with van der Waals surface area (Å²) in [4.78, 5) is 3.02. The lowest BCUT2D eigenvalue weighted by Crippen LogP contribution is -2.04. The minimum Gasteiger partial charge on any atom is -0.0622 e. The molecule has 0 heterocycles. The molecule has 3 aromatic rings. The van der Waals surface area contributed by atoms with Crippen LogP contribution in [0, 0.1) is 6.92 Å². The van der Waals surface area contributed by atoms with Crippen LogP contribution in [0.2, 0.25) is 0 Å². The number of hydrogen-bond acceptors (Lipinski definition) is 1. The Morgan fingerprint density at radius 3 is 1.87 bits per heavy atom. The van der Waals surface area contributed by atoms with Gasteiger partial charge in [-0.15, -0.1) is 0 Å². The van der Waals surface area contributed by atoms with E-state index < -0.39 is 0 Å². The molecule has 0 unspecified atom stereocenters. The monoisotopic (exact) mass is 299 g/mol. The average Bonchev–Trinajstić information content (AvgIpc) is 2.60. The van der Waals surface area contributed by atoms with Gasteiger partial charge in [0.15, 0.2) is 0 Å². The smallest absolute Gasteiger partial charge is 0.0446 e. The van der Waals surface area contributed by atoms with E-state index in [4.69, 9.17) is 5.53 Å². The van der Waals surface area contributed by atoms with Gasteiger partial charge in [0.05, 0.1) is 0 Å². The van der Waals surface area contributed by atoms with E-state index in [1.807, 2.05) is 61.5 Å². The van der Waals surface area contributed by atoms with Crippen molar-refractivity contribution in [1.82, 2.24) is 0 Å². The molecule has 3 nitrogen and oxygen atoms in total. The van der Waals surface area contributed by atoms with Gasteiger partial charge >= 0.3 is 0 Å². The second-order valence-electron chi connectivity index (χ2n) is 5.46. The van der Waals surface area contributed by atoms with Crippen LogP contribution < -0.4 is 0 Å². The van der Waals surface area contributed by atoms with Crippen molar-refractivity contribution in [2.75, 3.05) is 0 Å². The van der Waals surface area contributed by atoms with Crippen LogP contribution in [0.1, 0.15) is 28.2 Å². The molecule has 0 N–H and O–H groups in total. The van der Waals surface area contributed by atoms with E-state index in [-0.39, 0.29) is 5.92 Å². The van der Waals surface area contributed by atoms with Gasteiger partial charge in [0.1, 0.15) is 0 Å². The molecule has 0 spiro atoms. The van der Waals surface area contributed by atoms with E-state index in [0.717, 1.165) is 11.1 Å². The van der Waals surface area contributed by atoms with E-state index in [0.29, 0.717) is 5.69 Å². The van der Waals surface area contributed by atoms with Gasteiger partial charge in [0.2, 0.25) is 0 Å². The SMILES string of the molecule is Cc1cccc(C(c2ccccc2)c2ccccc2)c1N=[N+]=[N-]. The molecule has 23 heavy (non-hydrogen) atoms. The molecule has 0 bridgehead atoms. The zero-order valence-electron chi connectivity index (χ0n) is 12.9. The lowest BCUT2D eigenvalue weighted by atomic mass is 9.83. The molecule has 0 aliphatic heterocycles. The quantitative estimate of drug-likeness (QED) is 0.241. The van der Waals surface area contributed by atoms with Gasteiger partial charge in [0, 0.05) is 16.5 Å². The Bertz CT molecular complexity index is 796. The highest BCUT2D eigenvalue weighted by atomic mass is 15.1. The van der Waals surface area contributed by atoms with E-state index in [2.05, 4.69) is 34.3 Å². The molecule has 0 aliphatic carbocycles. The van der Waals surface area contributed by atoms with Crippen molar-refractivity contribution in [3.63, 3.8) is 0 Å². The fourth-order valence-electron chi connectivity index (χ4n) is 2.94. The largest absolute Gasteiger partial charge is 0.0622 e. The molecule has 0 saturated carbocycles. The fourth-order valence-corrected chi connectivity index (χ4v) is 2.94. The highest BCUT2D eigenvalue weighted by molar-refractivity contribution is 5.59. The molecule has 3 heteroatoms. The first-order chi connectivity index (χ1) is 11.3. The van der Waals surface area contributed by atoms with Gasteiger partial charge in [-0.2, -0.15) is 0 Å². The molecule has 0 amide bonds. The Kier molecular flexibility index (Phi) is 4.41. The highest BCUT2D eigenvalue weighted by Crippen LogP contribution is 2.38. The molecule has 112 valence electrons. The molecule has 0 aliphatic rings. The van der Waals surface area contributed by atoms with Gasteiger partial charge in [-0.05, 0) is 34.7 Å². The summed E-state index contributed by atoms with van der Waals surface area (Å²) in [5.41, 5.74) is 14.0. The van der Waals surface area contributed by atoms with Gasteiger partial charge in [-0.25, -0.2) is 0 Å². The first kappa shape index (κ1) is 14.9. The van der Waals surface area contributed by atoms with Crippen LogP contribution in [-0.4, -0.2) is 0 Å². The third-order valence-corrected chi connectivity index (χ3v) is 3.99. The molecule has 3 aromatic carbocycles. The Balaban J connectivity index is 2.26. The van der Waals surface area contributed by atoms with Gasteiger partial charge in [-0.3, -0.25) is 0 Å². The Labute approximate surface area is 135 Å². The van der Waals surface area contributed by atoms with Crippen molar-refractivity contribution in [3.8, 4) is 0 Å². The molecule has 3 rings (SSSR count). The second-order valence-corrected chi connectivity index (χ2v) is 5.46. The van der Waals surface area contributed by atoms with E-state index >= 15 is 0 Å². The van der Waals surface area contributed by atoms with Crippen LogP contribution in [0.25, 0.3) is 10.4 Å². The maximum Gasteiger partial charge on any atom is 0.0446 e. The summed E-state index contributed by atoms with van der Waals surface area (Å²) in [6, 6.07) is 26.6. The standard InChI is InChI=1S/C20H17N3/c1-15-9-8-14-18(20(15)22-23-21)19(16-10-4-2-5-11-16)17-12-6-3-7-13-17/h2-14,19H,1H3. The van der Waals surface area contributed by atoms with E-state index in [1.165, 1.54) is 11.1 Å². The number of rotatable bonds is 4. The normalized spacial score (nSPS) is 10.3. The summed E-state index contributed by atoms with van der Waals surface area (Å²) in [5, 5.41) is 3.96. The maximum atomic E-state index is 8.95. The van der Waals surface area contributed by atoms with Gasteiger partial charge in [0.25, 0.3) is 0 Å². The predicted molar refractivity (Wildman–Crippen MR) is 93.8 cm³/mol. The molecule has 0 fully saturated rings. The first-order valence-corrected chi connectivity index (χ1v) is 7.56. The van der Waals surface area contributed by atoms with Crippen LogP contribution in [0.3, 0.4) is 0 Å². The Morgan fingerprint density at radius 2 is 1.35 bits per heavy atom. The molecular formula is C20H17N3. The number of nitrogens with zero attached hydrogens (tertiary/aromatic N) is 3. The maximum absolute atomic E-state index is 8.95. The number of hydrogen-bond donors (Lipinski definition) is 0. The number of benzene rings is 3. The summed E-state index contributed by atoms with van der Waals surface area (Å²) < 4.78 is 0. The number of aryl methyl sites for hydroxylation is 1. The molecule has 0 radical (unpaired) electrons. The van der Waals surface area contributed by atoms with Crippen molar-refractivity contribution in [1.29, 1.82) is 0 Å². The van der Waals surface area contributed by atoms with Crippen LogP contribution in [0.15, 0.2) is 84.0 Å². The van der Waals surface area contributed by atoms with Crippen LogP contribution in [0.4, 0.5) is 5.69 Å². The minimum absolute atomic E-state index is 0.0396. The summed E-state index contributed by atoms with van der Waals surface area (Å²) in [5.74, 6) is 0.0396. The van der Waals surface area contributed by atoms with Crippen molar-refractivity contribution in [3.05, 3.63) is 112 Å². The average molecular weight is 299 g/mol. The summed E-state index contributed by atoms with van der Waals surface area (Å²) in [6.45, 7) is 1.97. The predicted octanol–water partition coefficient (Wildman–Crippen LogP) is 6.12. The van der Waals surface area contributed by atoms with Gasteiger partial charge in [-0.1, -0.05) is 84.0 Å². The van der Waals surface area contributed by atoms with E-state index in [1.54, 1.807) is 0 Å². The van der Waals surface area contributed by atoms with Crippen LogP contribution >= 0.6 is 0 Å². The molecule has 0 aromatic heterocycles. The summed E-state index contributed by atoms with van der Waals surface area (Å²) in [6.07, 6.45) is 0. The van der Waals surface area contributed by atoms with Crippen molar-refractivity contribution in [2.45, 2.75) is 12.8 Å². The number of azide groups is 1. The molecule has 0 atom stereocenters. The molecule has 0 saturated heterocycles. The van der Waals surface area contributed by atoms with Crippen LogP contribution in [-0.2, 0) is 0 Å². The van der Waals surface area contributed by atoms with E-state index in [9.17, 15) is 0 Å². The fraction of sp³-hybridized carbons (Fsp3) is 0.100. The zero-order chi connectivity index (χ0) is 16.1. The van der Waals surface area contributed by atoms with Crippen molar-refractivity contribution < 1.29 is 0 Å². The second kappa shape index (κ2) is 6.82. The lowest BCUT2D eigenvalue weighted by molar-refractivity contribution is 0.972. The van der Waals surface area contributed by atoms with Crippen LogP contribution in [0.5, 0.6) is 0 Å². The highest BCUT2D eigenvalue weighted by Gasteiger charge is 2.19. The third kappa shape index (κ3) is 3.10. The van der Waals surface area contributed by atoms with Crippen molar-refractivity contribution in [2.24, 2.45) is 5.11 Å². The topological polar surface area (TPSA) is 48.8 Å². The lowest BCUT2D eigenvalue weighted by Gasteiger charge is -2.21. The summed E-state index contributed by atoms with van der Waals surface area (Å²) >= 11 is 0. The summed E-state index contributed by atoms with van der Waals surface area (Å²) in [7, 11) is 0. The van der Waals surface area contributed by atoms with Gasteiger partial charge < -0.3 is 0 Å². The Morgan fingerprint density at radius 1 is 0.783 bits per heavy atom. The Hall–Kier alpha value is -3.03. The molecular weight excluding hydrogens is 282 g/mol.